The van der Waals surface area contributed by atoms with E-state index in [0.29, 0.717) is 23.2 Å². The predicted molar refractivity (Wildman–Crippen MR) is 99.5 cm³/mol. The molecule has 0 spiro atoms. The van der Waals surface area contributed by atoms with Crippen molar-refractivity contribution in [3.8, 4) is 0 Å². The number of aromatic amines is 1. The van der Waals surface area contributed by atoms with Crippen LogP contribution in [0.25, 0.3) is 11.0 Å². The summed E-state index contributed by atoms with van der Waals surface area (Å²) in [4.78, 5) is 22.4. The summed E-state index contributed by atoms with van der Waals surface area (Å²) in [5.41, 5.74) is 2.57. The molecular formula is C19H23ClN4O. The lowest BCUT2D eigenvalue weighted by Gasteiger charge is -2.22. The summed E-state index contributed by atoms with van der Waals surface area (Å²) >= 11 is 6.43. The summed E-state index contributed by atoms with van der Waals surface area (Å²) in [7, 11) is 0. The zero-order valence-corrected chi connectivity index (χ0v) is 15.1. The van der Waals surface area contributed by atoms with Crippen molar-refractivity contribution in [1.82, 2.24) is 20.2 Å². The largest absolute Gasteiger partial charge is 0.380 e. The van der Waals surface area contributed by atoms with Gasteiger partial charge in [-0.05, 0) is 42.9 Å². The maximum Gasteiger partial charge on any atom is 0.269 e. The number of pyridine rings is 1. The topological polar surface area (TPSA) is 61.0 Å². The Labute approximate surface area is 152 Å². The van der Waals surface area contributed by atoms with E-state index in [1.807, 2.05) is 23.2 Å². The Morgan fingerprint density at radius 3 is 3.04 bits per heavy atom. The third-order valence-corrected chi connectivity index (χ3v) is 5.32. The molecule has 5 nitrogen and oxygen atoms in total. The predicted octanol–water partition coefficient (Wildman–Crippen LogP) is 3.44. The highest BCUT2D eigenvalue weighted by Gasteiger charge is 2.31. The molecule has 0 aromatic carbocycles. The van der Waals surface area contributed by atoms with Crippen LogP contribution < -0.4 is 5.32 Å². The molecule has 4 rings (SSSR count). The van der Waals surface area contributed by atoms with Crippen molar-refractivity contribution in [1.29, 1.82) is 0 Å². The van der Waals surface area contributed by atoms with E-state index in [9.17, 15) is 4.79 Å². The summed E-state index contributed by atoms with van der Waals surface area (Å²) in [6, 6.07) is 1.99. The molecule has 1 fully saturated rings. The van der Waals surface area contributed by atoms with Gasteiger partial charge in [0.25, 0.3) is 5.91 Å². The molecule has 1 aliphatic heterocycles. The zero-order chi connectivity index (χ0) is 17.4. The van der Waals surface area contributed by atoms with Crippen molar-refractivity contribution in [2.75, 3.05) is 19.6 Å². The Balaban J connectivity index is 1.59. The van der Waals surface area contributed by atoms with E-state index < -0.39 is 0 Å². The molecule has 1 atom stereocenters. The Hall–Kier alpha value is -2.01. The number of carbonyl (C=O) groups is 1. The number of nitrogens with one attached hydrogen (secondary N) is 2. The summed E-state index contributed by atoms with van der Waals surface area (Å²) in [6.07, 6.45) is 9.07. The molecule has 1 aliphatic carbocycles. The van der Waals surface area contributed by atoms with Crippen LogP contribution in [0, 0.1) is 5.92 Å². The number of hydrogen-bond acceptors (Lipinski definition) is 3. The van der Waals surface area contributed by atoms with Crippen LogP contribution >= 0.6 is 11.6 Å². The lowest BCUT2D eigenvalue weighted by molar-refractivity contribution is -0.127. The minimum Gasteiger partial charge on any atom is -0.380 e. The average molecular weight is 359 g/mol. The second-order valence-electron chi connectivity index (χ2n) is 7.02. The van der Waals surface area contributed by atoms with Crippen molar-refractivity contribution in [2.45, 2.75) is 32.1 Å². The Bertz CT molecular complexity index is 824. The van der Waals surface area contributed by atoms with Gasteiger partial charge in [-0.1, -0.05) is 18.5 Å². The fourth-order valence-electron chi connectivity index (χ4n) is 3.58. The summed E-state index contributed by atoms with van der Waals surface area (Å²) < 4.78 is 0. The highest BCUT2D eigenvalue weighted by atomic mass is 35.5. The zero-order valence-electron chi connectivity index (χ0n) is 14.4. The van der Waals surface area contributed by atoms with Gasteiger partial charge in [-0.25, -0.2) is 4.98 Å². The SMILES string of the molecule is CCCN(CC1CC1)C(=O)C1=CC(c2c(Cl)cnc3[nH]ccc23)CN1. The van der Waals surface area contributed by atoms with Crippen LogP contribution in [0.15, 0.2) is 30.2 Å². The van der Waals surface area contributed by atoms with Crippen LogP contribution in [0.1, 0.15) is 37.7 Å². The fraction of sp³-hybridized carbons (Fsp3) is 0.474. The number of H-pyrrole nitrogens is 1. The van der Waals surface area contributed by atoms with Gasteiger partial charge in [-0.3, -0.25) is 4.79 Å². The second-order valence-corrected chi connectivity index (χ2v) is 7.43. The van der Waals surface area contributed by atoms with E-state index >= 15 is 0 Å². The number of hydrogen-bond donors (Lipinski definition) is 2. The van der Waals surface area contributed by atoms with Crippen LogP contribution in [0.2, 0.25) is 5.02 Å². The molecular weight excluding hydrogens is 336 g/mol. The molecule has 3 heterocycles. The van der Waals surface area contributed by atoms with Crippen molar-refractivity contribution >= 4 is 28.5 Å². The van der Waals surface area contributed by atoms with Gasteiger partial charge in [0, 0.05) is 43.3 Å². The summed E-state index contributed by atoms with van der Waals surface area (Å²) in [5, 5.41) is 4.97. The highest BCUT2D eigenvalue weighted by Crippen LogP contribution is 2.35. The number of amides is 1. The fourth-order valence-corrected chi connectivity index (χ4v) is 3.87. The van der Waals surface area contributed by atoms with Crippen LogP contribution in [-0.2, 0) is 4.79 Å². The first kappa shape index (κ1) is 16.5. The first-order valence-corrected chi connectivity index (χ1v) is 9.41. The normalized spacial score (nSPS) is 19.8. The molecule has 1 unspecified atom stereocenters. The van der Waals surface area contributed by atoms with Crippen LogP contribution in [-0.4, -0.2) is 40.4 Å². The number of nitrogens with zero attached hydrogens (tertiary/aromatic N) is 2. The molecule has 2 aliphatic rings. The van der Waals surface area contributed by atoms with Crippen LogP contribution in [0.5, 0.6) is 0 Å². The minimum absolute atomic E-state index is 0.0807. The molecule has 0 bridgehead atoms. The van der Waals surface area contributed by atoms with Crippen molar-refractivity contribution in [2.24, 2.45) is 5.92 Å². The Kier molecular flexibility index (Phi) is 4.42. The van der Waals surface area contributed by atoms with E-state index in [1.165, 1.54) is 12.8 Å². The van der Waals surface area contributed by atoms with Gasteiger partial charge in [0.15, 0.2) is 0 Å². The lowest BCUT2D eigenvalue weighted by Crippen LogP contribution is -2.37. The lowest BCUT2D eigenvalue weighted by atomic mass is 9.98. The smallest absolute Gasteiger partial charge is 0.269 e. The van der Waals surface area contributed by atoms with E-state index in [-0.39, 0.29) is 11.8 Å². The van der Waals surface area contributed by atoms with E-state index in [0.717, 1.165) is 36.1 Å². The summed E-state index contributed by atoms with van der Waals surface area (Å²) in [6.45, 7) is 4.51. The monoisotopic (exact) mass is 358 g/mol. The molecule has 25 heavy (non-hydrogen) atoms. The van der Waals surface area contributed by atoms with Crippen LogP contribution in [0.4, 0.5) is 0 Å². The molecule has 0 radical (unpaired) electrons. The van der Waals surface area contributed by atoms with Gasteiger partial charge >= 0.3 is 0 Å². The maximum atomic E-state index is 12.9. The van der Waals surface area contributed by atoms with Gasteiger partial charge < -0.3 is 15.2 Å². The van der Waals surface area contributed by atoms with Crippen LogP contribution in [0.3, 0.4) is 0 Å². The van der Waals surface area contributed by atoms with E-state index in [4.69, 9.17) is 11.6 Å². The van der Waals surface area contributed by atoms with Gasteiger partial charge in [0.05, 0.1) is 10.7 Å². The van der Waals surface area contributed by atoms with E-state index in [2.05, 4.69) is 22.2 Å². The maximum absolute atomic E-state index is 12.9. The number of halogens is 1. The Morgan fingerprint density at radius 2 is 2.28 bits per heavy atom. The van der Waals surface area contributed by atoms with Gasteiger partial charge in [-0.15, -0.1) is 0 Å². The molecule has 2 aromatic rings. The molecule has 1 amide bonds. The van der Waals surface area contributed by atoms with Gasteiger partial charge in [0.2, 0.25) is 0 Å². The number of rotatable bonds is 6. The number of carbonyl (C=O) groups excluding carboxylic acids is 1. The van der Waals surface area contributed by atoms with E-state index in [1.54, 1.807) is 6.20 Å². The second kappa shape index (κ2) is 6.71. The van der Waals surface area contributed by atoms with Crippen molar-refractivity contribution in [3.05, 3.63) is 40.8 Å². The number of aromatic nitrogens is 2. The van der Waals surface area contributed by atoms with Gasteiger partial charge in [0.1, 0.15) is 5.65 Å². The molecule has 0 saturated heterocycles. The highest BCUT2D eigenvalue weighted by molar-refractivity contribution is 6.32. The third-order valence-electron chi connectivity index (χ3n) is 5.02. The van der Waals surface area contributed by atoms with Crippen molar-refractivity contribution in [3.63, 3.8) is 0 Å². The van der Waals surface area contributed by atoms with Crippen molar-refractivity contribution < 1.29 is 4.79 Å². The Morgan fingerprint density at radius 1 is 1.44 bits per heavy atom. The first-order valence-electron chi connectivity index (χ1n) is 9.03. The minimum atomic E-state index is 0.0807. The standard InChI is InChI=1S/C19H23ClN4O/c1-2-7-24(11-12-3-4-12)19(25)16-8-13(9-22-16)17-14-5-6-21-18(14)23-10-15(17)20/h5-6,8,10,12-13,22H,2-4,7,9,11H2,1H3,(H,21,23). The molecule has 132 valence electrons. The first-order chi connectivity index (χ1) is 12.2. The van der Waals surface area contributed by atoms with Gasteiger partial charge in [-0.2, -0.15) is 0 Å². The summed E-state index contributed by atoms with van der Waals surface area (Å²) in [5.74, 6) is 0.895. The molecule has 2 N–H and O–H groups in total. The molecule has 6 heteroatoms. The quantitative estimate of drug-likeness (QED) is 0.831. The number of fused-ring (bicyclic) bond motifs is 1. The molecule has 1 saturated carbocycles. The average Bonchev–Trinajstić information content (AvgIpc) is 3.10. The molecule has 2 aromatic heterocycles. The third kappa shape index (κ3) is 3.25.